The lowest BCUT2D eigenvalue weighted by Gasteiger charge is -2.03. The van der Waals surface area contributed by atoms with Crippen LogP contribution in [0.3, 0.4) is 0 Å². The third-order valence-electron chi connectivity index (χ3n) is 4.31. The van der Waals surface area contributed by atoms with Crippen LogP contribution in [0.4, 0.5) is 11.4 Å². The van der Waals surface area contributed by atoms with Crippen molar-refractivity contribution in [1.29, 1.82) is 10.8 Å². The first kappa shape index (κ1) is 31.6. The van der Waals surface area contributed by atoms with E-state index in [4.69, 9.17) is 86.5 Å². The molecule has 0 amide bonds. The van der Waals surface area contributed by atoms with E-state index in [9.17, 15) is 0 Å². The van der Waals surface area contributed by atoms with Crippen LogP contribution in [-0.4, -0.2) is 11.9 Å². The molecular formula is C26H14Cl4N4O6. The molecular weight excluding hydrogens is 606 g/mol. The Hall–Kier alpha value is -4.58. The van der Waals surface area contributed by atoms with Gasteiger partial charge in [-0.15, -0.1) is 0 Å². The molecule has 0 aliphatic heterocycles. The van der Waals surface area contributed by atoms with Crippen LogP contribution in [0.2, 0.25) is 20.1 Å². The maximum atomic E-state index is 8.93. The number of benzene rings is 4. The van der Waals surface area contributed by atoms with Crippen LogP contribution in [0.1, 0.15) is 0 Å². The van der Waals surface area contributed by atoms with Crippen molar-refractivity contribution in [3.63, 3.8) is 0 Å². The van der Waals surface area contributed by atoms with Gasteiger partial charge in [0.25, 0.3) is 0 Å². The molecule has 0 atom stereocenters. The summed E-state index contributed by atoms with van der Waals surface area (Å²) in [4.78, 5) is 24.1. The highest BCUT2D eigenvalue weighted by Gasteiger charge is 2.17. The number of hydrogen-bond acceptors (Lipinski definition) is 8. The van der Waals surface area contributed by atoms with Crippen LogP contribution in [0.25, 0.3) is 9.95 Å². The topological polar surface area (TPSA) is 155 Å². The van der Waals surface area contributed by atoms with Crippen molar-refractivity contribution in [3.8, 4) is 23.0 Å². The van der Waals surface area contributed by atoms with E-state index in [1.54, 1.807) is 72.8 Å². The predicted octanol–water partition coefficient (Wildman–Crippen LogP) is 7.03. The van der Waals surface area contributed by atoms with E-state index in [-0.39, 0.29) is 11.4 Å². The van der Waals surface area contributed by atoms with E-state index in [1.165, 1.54) is 12.1 Å². The van der Waals surface area contributed by atoms with Crippen LogP contribution in [0.5, 0.6) is 23.0 Å². The van der Waals surface area contributed by atoms with Gasteiger partial charge in [0.05, 0.1) is 24.1 Å². The molecule has 0 saturated carbocycles. The van der Waals surface area contributed by atoms with E-state index in [0.29, 0.717) is 43.1 Å². The summed E-state index contributed by atoms with van der Waals surface area (Å²) in [5.41, 5.74) is 0.542. The van der Waals surface area contributed by atoms with Gasteiger partial charge in [0, 0.05) is 20.1 Å². The molecule has 0 saturated heterocycles. The minimum absolute atomic E-state index is 0.271. The van der Waals surface area contributed by atoms with Crippen molar-refractivity contribution in [2.45, 2.75) is 0 Å². The molecule has 0 spiro atoms. The number of nitrogens with zero attached hydrogens (tertiary/aromatic N) is 4. The monoisotopic (exact) mass is 618 g/mol. The van der Waals surface area contributed by atoms with E-state index in [2.05, 4.69) is 9.95 Å². The van der Waals surface area contributed by atoms with Gasteiger partial charge in [0.15, 0.2) is 9.95 Å². The lowest BCUT2D eigenvalue weighted by molar-refractivity contribution is -0.345. The quantitative estimate of drug-likeness (QED) is 0.174. The summed E-state index contributed by atoms with van der Waals surface area (Å²) in [6.07, 6.45) is 0. The molecule has 0 radical (unpaired) electrons. The molecule has 4 aromatic rings. The Morgan fingerprint density at radius 2 is 0.850 bits per heavy atom. The Balaban J connectivity index is 0.000000234. The molecule has 0 aromatic heterocycles. The van der Waals surface area contributed by atoms with E-state index < -0.39 is 11.9 Å². The van der Waals surface area contributed by atoms with Gasteiger partial charge in [0.2, 0.25) is 22.3 Å². The Bertz CT molecular complexity index is 1450. The fraction of sp³-hybridized carbons (Fsp3) is 0. The summed E-state index contributed by atoms with van der Waals surface area (Å²) in [5.74, 6) is -2.34. The first-order valence-electron chi connectivity index (χ1n) is 10.6. The third kappa shape index (κ3) is 10.7. The summed E-state index contributed by atoms with van der Waals surface area (Å²) in [7, 11) is 0. The van der Waals surface area contributed by atoms with Crippen molar-refractivity contribution in [2.24, 2.45) is 0 Å². The lowest BCUT2D eigenvalue weighted by Crippen LogP contribution is -2.42. The molecule has 10 nitrogen and oxygen atoms in total. The van der Waals surface area contributed by atoms with Crippen LogP contribution < -0.4 is 19.7 Å². The second-order valence-electron chi connectivity index (χ2n) is 7.11. The zero-order valence-corrected chi connectivity index (χ0v) is 22.9. The largest absolute Gasteiger partial charge is 0.543 e. The molecule has 14 heteroatoms. The van der Waals surface area contributed by atoms with Crippen LogP contribution in [0, 0.1) is 10.8 Å². The minimum Gasteiger partial charge on any atom is -0.543 e. The molecule has 0 aliphatic rings. The molecule has 0 heterocycles. The number of aliphatic carboxylic acids is 2. The van der Waals surface area contributed by atoms with Crippen molar-refractivity contribution in [2.75, 3.05) is 0 Å². The Labute approximate surface area is 247 Å². The summed E-state index contributed by atoms with van der Waals surface area (Å²) in [6, 6.07) is 23.3. The van der Waals surface area contributed by atoms with Crippen LogP contribution in [-0.2, 0) is 9.59 Å². The normalized spacial score (nSPS) is 9.35. The molecule has 202 valence electrons. The summed E-state index contributed by atoms with van der Waals surface area (Å²) in [5, 5.41) is 37.7. The Morgan fingerprint density at radius 3 is 1.12 bits per heavy atom. The molecule has 0 bridgehead atoms. The van der Waals surface area contributed by atoms with Crippen molar-refractivity contribution < 1.29 is 29.3 Å². The summed E-state index contributed by atoms with van der Waals surface area (Å²) < 4.78 is 11.1. The van der Waals surface area contributed by atoms with E-state index >= 15 is 0 Å². The maximum absolute atomic E-state index is 8.93. The number of carbonyl (C=O) groups is 2. The van der Waals surface area contributed by atoms with Crippen LogP contribution in [0.15, 0.2) is 84.9 Å². The molecule has 0 fully saturated rings. The molecule has 0 N–H and O–H groups in total. The standard InChI is InChI=1S/2C12H7Cl2N2O.C2H2O4/c2*13-8-1-4-10(5-2-8)17-12-6-3-9(14)7-11(12)16-15;3-1(4)2(5)6/h2*1-7H;(H,3,4)(H,5,6)/q2*+1;/p-2. The van der Waals surface area contributed by atoms with Gasteiger partial charge in [-0.3, -0.25) is 0 Å². The average Bonchev–Trinajstić information content (AvgIpc) is 2.93. The number of carboxylic acids is 2. The van der Waals surface area contributed by atoms with Gasteiger partial charge in [-0.2, -0.15) is 0 Å². The van der Waals surface area contributed by atoms with Crippen LogP contribution >= 0.6 is 46.4 Å². The second kappa shape index (κ2) is 15.7. The number of rotatable bonds is 4. The van der Waals surface area contributed by atoms with Gasteiger partial charge < -0.3 is 29.3 Å². The van der Waals surface area contributed by atoms with Gasteiger partial charge in [0.1, 0.15) is 11.5 Å². The first-order chi connectivity index (χ1) is 19.0. The number of diazo groups is 2. The number of hydrogen-bond donors (Lipinski definition) is 0. The zero-order valence-electron chi connectivity index (χ0n) is 19.8. The fourth-order valence-electron chi connectivity index (χ4n) is 2.57. The molecule has 4 aromatic carbocycles. The molecule has 40 heavy (non-hydrogen) atoms. The van der Waals surface area contributed by atoms with Gasteiger partial charge in [-0.1, -0.05) is 46.4 Å². The number of carbonyl (C=O) groups excluding carboxylic acids is 2. The Morgan fingerprint density at radius 1 is 0.550 bits per heavy atom. The van der Waals surface area contributed by atoms with Crippen molar-refractivity contribution >= 4 is 69.7 Å². The summed E-state index contributed by atoms with van der Waals surface area (Å²) >= 11 is 23.1. The highest BCUT2D eigenvalue weighted by molar-refractivity contribution is 6.31. The highest BCUT2D eigenvalue weighted by Crippen LogP contribution is 2.35. The zero-order chi connectivity index (χ0) is 29.7. The third-order valence-corrected chi connectivity index (χ3v) is 5.28. The van der Waals surface area contributed by atoms with E-state index in [1.807, 2.05) is 0 Å². The Kier molecular flexibility index (Phi) is 12.4. The first-order valence-corrected chi connectivity index (χ1v) is 12.1. The van der Waals surface area contributed by atoms with Crippen molar-refractivity contribution in [3.05, 3.63) is 115 Å². The SMILES string of the molecule is N#[N+]c1cc(Cl)ccc1Oc1ccc(Cl)cc1.N#[N+]c1cc(Cl)ccc1Oc1ccc(Cl)cc1.O=C([O-])C(=O)[O-]. The van der Waals surface area contributed by atoms with Gasteiger partial charge in [-0.25, -0.2) is 0 Å². The predicted molar refractivity (Wildman–Crippen MR) is 145 cm³/mol. The highest BCUT2D eigenvalue weighted by atomic mass is 35.5. The second-order valence-corrected chi connectivity index (χ2v) is 8.86. The maximum Gasteiger partial charge on any atom is 0.428 e. The number of ether oxygens (including phenoxy) is 2. The molecule has 0 aliphatic carbocycles. The van der Waals surface area contributed by atoms with Crippen molar-refractivity contribution in [1.82, 2.24) is 0 Å². The smallest absolute Gasteiger partial charge is 0.428 e. The average molecular weight is 620 g/mol. The van der Waals surface area contributed by atoms with E-state index in [0.717, 1.165) is 0 Å². The molecule has 0 unspecified atom stereocenters. The molecule has 4 rings (SSSR count). The minimum atomic E-state index is -2.19. The van der Waals surface area contributed by atoms with Gasteiger partial charge in [-0.05, 0) is 72.8 Å². The van der Waals surface area contributed by atoms with Gasteiger partial charge >= 0.3 is 11.4 Å². The number of carboxylic acid groups (broad SMARTS) is 2. The summed E-state index contributed by atoms with van der Waals surface area (Å²) in [6.45, 7) is 0. The fourth-order valence-corrected chi connectivity index (χ4v) is 3.15. The number of halogens is 4. The lowest BCUT2D eigenvalue weighted by atomic mass is 10.3.